The van der Waals surface area contributed by atoms with Crippen molar-refractivity contribution in [1.82, 2.24) is 0 Å². The predicted octanol–water partition coefficient (Wildman–Crippen LogP) is 4.50. The van der Waals surface area contributed by atoms with E-state index in [0.717, 1.165) is 46.5 Å². The molecule has 5 heteroatoms. The number of aryl methyl sites for hydroxylation is 1. The molecule has 0 unspecified atom stereocenters. The van der Waals surface area contributed by atoms with E-state index in [1.807, 2.05) is 43.3 Å². The number of anilines is 1. The van der Waals surface area contributed by atoms with Gasteiger partial charge in [0.05, 0.1) is 18.7 Å². The van der Waals surface area contributed by atoms with Crippen LogP contribution in [0.5, 0.6) is 11.5 Å². The molecule has 1 aliphatic heterocycles. The number of fused-ring (bicyclic) bond motifs is 3. The molecule has 2 heterocycles. The van der Waals surface area contributed by atoms with Gasteiger partial charge in [0.2, 0.25) is 0 Å². The van der Waals surface area contributed by atoms with Crippen LogP contribution in [0.15, 0.2) is 51.7 Å². The van der Waals surface area contributed by atoms with Gasteiger partial charge in [0, 0.05) is 17.1 Å². The van der Waals surface area contributed by atoms with Crippen LogP contribution in [0.25, 0.3) is 11.0 Å². The molecule has 5 nitrogen and oxygen atoms in total. The largest absolute Gasteiger partial charge is 0.494 e. The minimum absolute atomic E-state index is 0.308. The standard InChI is InChI=1S/C22H23NO4/c1-3-5-15-12-21(24)27-22-18(15)10-11-20-19(22)13-23(14-26-20)16-6-8-17(9-7-16)25-4-2/h6-12H,3-5,13-14H2,1-2H3. The van der Waals surface area contributed by atoms with Crippen molar-refractivity contribution in [2.45, 2.75) is 33.2 Å². The maximum atomic E-state index is 12.1. The van der Waals surface area contributed by atoms with Gasteiger partial charge in [-0.1, -0.05) is 13.3 Å². The highest BCUT2D eigenvalue weighted by Gasteiger charge is 2.22. The molecule has 0 radical (unpaired) electrons. The van der Waals surface area contributed by atoms with Crippen LogP contribution < -0.4 is 20.0 Å². The molecule has 1 aromatic heterocycles. The summed E-state index contributed by atoms with van der Waals surface area (Å²) >= 11 is 0. The summed E-state index contributed by atoms with van der Waals surface area (Å²) in [4.78, 5) is 14.2. The molecule has 140 valence electrons. The van der Waals surface area contributed by atoms with Gasteiger partial charge in [-0.3, -0.25) is 0 Å². The lowest BCUT2D eigenvalue weighted by atomic mass is 10.0. The fraction of sp³-hybridized carbons (Fsp3) is 0.318. The average molecular weight is 365 g/mol. The molecule has 0 N–H and O–H groups in total. The molecular formula is C22H23NO4. The summed E-state index contributed by atoms with van der Waals surface area (Å²) in [5, 5.41) is 0.993. The SMILES string of the molecule is CCCc1cc(=O)oc2c3c(ccc12)OCN(c1ccc(OCC)cc1)C3. The van der Waals surface area contributed by atoms with Crippen LogP contribution in [0, 0.1) is 0 Å². The van der Waals surface area contributed by atoms with E-state index in [9.17, 15) is 4.79 Å². The van der Waals surface area contributed by atoms with E-state index in [0.29, 0.717) is 25.5 Å². The average Bonchev–Trinajstić information content (AvgIpc) is 2.68. The van der Waals surface area contributed by atoms with E-state index in [-0.39, 0.29) is 5.63 Å². The highest BCUT2D eigenvalue weighted by molar-refractivity contribution is 5.85. The third-order valence-electron chi connectivity index (χ3n) is 4.82. The van der Waals surface area contributed by atoms with Crippen LogP contribution >= 0.6 is 0 Å². The lowest BCUT2D eigenvalue weighted by molar-refractivity contribution is 0.289. The van der Waals surface area contributed by atoms with Crippen molar-refractivity contribution in [3.05, 3.63) is 64.0 Å². The zero-order valence-corrected chi connectivity index (χ0v) is 15.7. The Morgan fingerprint density at radius 2 is 1.93 bits per heavy atom. The first-order chi connectivity index (χ1) is 13.2. The van der Waals surface area contributed by atoms with E-state index < -0.39 is 0 Å². The zero-order chi connectivity index (χ0) is 18.8. The number of rotatable bonds is 5. The van der Waals surface area contributed by atoms with Crippen LogP contribution in [0.1, 0.15) is 31.4 Å². The van der Waals surface area contributed by atoms with Crippen molar-refractivity contribution in [2.75, 3.05) is 18.2 Å². The molecule has 1 aliphatic rings. The van der Waals surface area contributed by atoms with Gasteiger partial charge in [-0.25, -0.2) is 4.79 Å². The zero-order valence-electron chi connectivity index (χ0n) is 15.7. The maximum absolute atomic E-state index is 12.1. The van der Waals surface area contributed by atoms with Crippen molar-refractivity contribution < 1.29 is 13.9 Å². The van der Waals surface area contributed by atoms with E-state index in [4.69, 9.17) is 13.9 Å². The van der Waals surface area contributed by atoms with Gasteiger partial charge in [-0.2, -0.15) is 0 Å². The molecule has 0 saturated carbocycles. The molecule has 0 saturated heterocycles. The fourth-order valence-corrected chi connectivity index (χ4v) is 3.56. The summed E-state index contributed by atoms with van der Waals surface area (Å²) in [6, 6.07) is 13.5. The number of hydrogen-bond acceptors (Lipinski definition) is 5. The molecule has 0 atom stereocenters. The van der Waals surface area contributed by atoms with Crippen LogP contribution in [0.2, 0.25) is 0 Å². The van der Waals surface area contributed by atoms with Crippen molar-refractivity contribution in [2.24, 2.45) is 0 Å². The summed E-state index contributed by atoms with van der Waals surface area (Å²) in [5.74, 6) is 1.63. The van der Waals surface area contributed by atoms with Gasteiger partial charge in [-0.05, 0) is 55.3 Å². The van der Waals surface area contributed by atoms with Crippen LogP contribution in [0.3, 0.4) is 0 Å². The summed E-state index contributed by atoms with van der Waals surface area (Å²) in [5.41, 5.74) is 3.32. The third-order valence-corrected chi connectivity index (χ3v) is 4.82. The number of ether oxygens (including phenoxy) is 2. The Balaban J connectivity index is 1.72. The summed E-state index contributed by atoms with van der Waals surface area (Å²) in [6.45, 7) is 5.79. The first kappa shape index (κ1) is 17.5. The first-order valence-electron chi connectivity index (χ1n) is 9.38. The lowest BCUT2D eigenvalue weighted by Gasteiger charge is -2.31. The quantitative estimate of drug-likeness (QED) is 0.623. The molecule has 0 aliphatic carbocycles. The van der Waals surface area contributed by atoms with Gasteiger partial charge < -0.3 is 18.8 Å². The molecule has 0 amide bonds. The Labute approximate surface area is 158 Å². The second-order valence-electron chi connectivity index (χ2n) is 6.66. The Morgan fingerprint density at radius 1 is 1.11 bits per heavy atom. The highest BCUT2D eigenvalue weighted by Crippen LogP contribution is 2.35. The molecule has 2 aromatic carbocycles. The molecule has 3 aromatic rings. The molecular weight excluding hydrogens is 342 g/mol. The molecule has 4 rings (SSSR count). The molecule has 27 heavy (non-hydrogen) atoms. The smallest absolute Gasteiger partial charge is 0.336 e. The van der Waals surface area contributed by atoms with Crippen LogP contribution in [-0.4, -0.2) is 13.3 Å². The number of nitrogens with zero attached hydrogens (tertiary/aromatic N) is 1. The molecule has 0 bridgehead atoms. The summed E-state index contributed by atoms with van der Waals surface area (Å²) in [7, 11) is 0. The number of benzene rings is 2. The van der Waals surface area contributed by atoms with Gasteiger partial charge in [0.15, 0.2) is 6.73 Å². The topological polar surface area (TPSA) is 51.9 Å². The van der Waals surface area contributed by atoms with E-state index in [2.05, 4.69) is 11.8 Å². The predicted molar refractivity (Wildman–Crippen MR) is 106 cm³/mol. The van der Waals surface area contributed by atoms with E-state index in [1.54, 1.807) is 6.07 Å². The van der Waals surface area contributed by atoms with Gasteiger partial charge in [0.25, 0.3) is 0 Å². The monoisotopic (exact) mass is 365 g/mol. The second kappa shape index (κ2) is 7.35. The van der Waals surface area contributed by atoms with Crippen molar-refractivity contribution in [3.63, 3.8) is 0 Å². The van der Waals surface area contributed by atoms with Crippen molar-refractivity contribution in [3.8, 4) is 11.5 Å². The Kier molecular flexibility index (Phi) is 4.75. The van der Waals surface area contributed by atoms with E-state index >= 15 is 0 Å². The Hall–Kier alpha value is -2.95. The Bertz CT molecular complexity index is 1010. The summed E-state index contributed by atoms with van der Waals surface area (Å²) < 4.78 is 17.1. The lowest BCUT2D eigenvalue weighted by Crippen LogP contribution is -2.32. The first-order valence-corrected chi connectivity index (χ1v) is 9.38. The third kappa shape index (κ3) is 3.37. The molecule has 0 spiro atoms. The molecule has 0 fully saturated rings. The Morgan fingerprint density at radius 3 is 2.67 bits per heavy atom. The van der Waals surface area contributed by atoms with E-state index in [1.165, 1.54) is 0 Å². The van der Waals surface area contributed by atoms with Crippen LogP contribution in [-0.2, 0) is 13.0 Å². The highest BCUT2D eigenvalue weighted by atomic mass is 16.5. The van der Waals surface area contributed by atoms with Crippen molar-refractivity contribution in [1.29, 1.82) is 0 Å². The normalized spacial score (nSPS) is 13.3. The summed E-state index contributed by atoms with van der Waals surface area (Å²) in [6.07, 6.45) is 1.83. The fourth-order valence-electron chi connectivity index (χ4n) is 3.56. The van der Waals surface area contributed by atoms with Gasteiger partial charge in [0.1, 0.15) is 17.1 Å². The maximum Gasteiger partial charge on any atom is 0.336 e. The second-order valence-corrected chi connectivity index (χ2v) is 6.66. The van der Waals surface area contributed by atoms with Crippen LogP contribution in [0.4, 0.5) is 5.69 Å². The minimum atomic E-state index is -0.308. The number of hydrogen-bond donors (Lipinski definition) is 0. The van der Waals surface area contributed by atoms with Gasteiger partial charge >= 0.3 is 5.63 Å². The van der Waals surface area contributed by atoms with Gasteiger partial charge in [-0.15, -0.1) is 0 Å². The van der Waals surface area contributed by atoms with Crippen molar-refractivity contribution >= 4 is 16.7 Å². The minimum Gasteiger partial charge on any atom is -0.494 e.